The number of benzene rings is 3. The van der Waals surface area contributed by atoms with Crippen molar-refractivity contribution in [3.8, 4) is 6.01 Å². The highest BCUT2D eigenvalue weighted by Crippen LogP contribution is 2.33. The number of carbonyl (C=O) groups is 2. The van der Waals surface area contributed by atoms with Crippen LogP contribution in [0.15, 0.2) is 54.6 Å². The van der Waals surface area contributed by atoms with Crippen molar-refractivity contribution in [1.29, 1.82) is 0 Å². The molecule has 3 N–H and O–H groups in total. The summed E-state index contributed by atoms with van der Waals surface area (Å²) in [6.07, 6.45) is -4.71. The van der Waals surface area contributed by atoms with Gasteiger partial charge in [0.2, 0.25) is 0 Å². The summed E-state index contributed by atoms with van der Waals surface area (Å²) >= 11 is 6.15. The first-order chi connectivity index (χ1) is 17.1. The van der Waals surface area contributed by atoms with E-state index < -0.39 is 29.1 Å². The molecule has 1 heterocycles. The molecule has 0 atom stereocenters. The summed E-state index contributed by atoms with van der Waals surface area (Å²) in [7, 11) is 0. The van der Waals surface area contributed by atoms with Gasteiger partial charge in [-0.3, -0.25) is 9.59 Å². The van der Waals surface area contributed by atoms with Gasteiger partial charge >= 0.3 is 6.18 Å². The standard InChI is InChI=1S/C25H20ClF3N4O3/c1-3-36-24-32-20-12-14(30-22(34)15-7-4-5-8-17(15)25(27,28)29)11-16(21(20)33-24)23(35)31-19-10-6-9-18(26)13(19)2/h4-12H,3H2,1-2H3,(H,30,34)(H,31,35)(H,32,33). The Morgan fingerprint density at radius 3 is 2.47 bits per heavy atom. The summed E-state index contributed by atoms with van der Waals surface area (Å²) in [5.74, 6) is -1.55. The van der Waals surface area contributed by atoms with E-state index in [1.165, 1.54) is 24.3 Å². The Hall–Kier alpha value is -4.05. The monoisotopic (exact) mass is 516 g/mol. The van der Waals surface area contributed by atoms with E-state index in [0.717, 1.165) is 12.1 Å². The van der Waals surface area contributed by atoms with Crippen LogP contribution in [-0.2, 0) is 6.18 Å². The van der Waals surface area contributed by atoms with E-state index in [-0.39, 0.29) is 22.8 Å². The van der Waals surface area contributed by atoms with E-state index in [4.69, 9.17) is 16.3 Å². The minimum Gasteiger partial charge on any atom is -0.465 e. The van der Waals surface area contributed by atoms with Gasteiger partial charge in [-0.1, -0.05) is 29.8 Å². The summed E-state index contributed by atoms with van der Waals surface area (Å²) in [5, 5.41) is 5.68. The number of halogens is 4. The SMILES string of the molecule is CCOc1nc2c(C(=O)Nc3cccc(Cl)c3C)cc(NC(=O)c3ccccc3C(F)(F)F)cc2[nH]1. The lowest BCUT2D eigenvalue weighted by molar-refractivity contribution is -0.137. The Morgan fingerprint density at radius 2 is 1.75 bits per heavy atom. The molecule has 2 amide bonds. The number of carbonyl (C=O) groups excluding carboxylic acids is 2. The second kappa shape index (κ2) is 9.90. The van der Waals surface area contributed by atoms with E-state index in [2.05, 4.69) is 20.6 Å². The lowest BCUT2D eigenvalue weighted by atomic mass is 10.1. The van der Waals surface area contributed by atoms with Crippen molar-refractivity contribution in [3.63, 3.8) is 0 Å². The first-order valence-corrected chi connectivity index (χ1v) is 11.2. The zero-order valence-corrected chi connectivity index (χ0v) is 19.8. The molecule has 7 nitrogen and oxygen atoms in total. The topological polar surface area (TPSA) is 96.1 Å². The minimum absolute atomic E-state index is 0.0634. The fourth-order valence-electron chi connectivity index (χ4n) is 3.60. The van der Waals surface area contributed by atoms with Crippen LogP contribution in [0.2, 0.25) is 5.02 Å². The largest absolute Gasteiger partial charge is 0.465 e. The second-order valence-electron chi connectivity index (χ2n) is 7.76. The summed E-state index contributed by atoms with van der Waals surface area (Å²) in [6, 6.07) is 12.4. The highest BCUT2D eigenvalue weighted by atomic mass is 35.5. The number of aromatic amines is 1. The predicted molar refractivity (Wildman–Crippen MR) is 131 cm³/mol. The average Bonchev–Trinajstić information content (AvgIpc) is 3.23. The molecule has 0 spiro atoms. The number of aromatic nitrogens is 2. The number of imidazole rings is 1. The molecule has 0 bridgehead atoms. The molecule has 0 aliphatic heterocycles. The molecule has 186 valence electrons. The third-order valence-corrected chi connectivity index (χ3v) is 5.75. The molecule has 1 aromatic heterocycles. The third kappa shape index (κ3) is 5.13. The number of nitrogens with one attached hydrogen (secondary N) is 3. The number of ether oxygens (including phenoxy) is 1. The lowest BCUT2D eigenvalue weighted by Gasteiger charge is -2.14. The average molecular weight is 517 g/mol. The maximum Gasteiger partial charge on any atom is 0.417 e. The van der Waals surface area contributed by atoms with Gasteiger partial charge in [0.25, 0.3) is 17.8 Å². The van der Waals surface area contributed by atoms with Crippen molar-refractivity contribution < 1.29 is 27.5 Å². The molecule has 0 saturated heterocycles. The number of nitrogens with zero attached hydrogens (tertiary/aromatic N) is 1. The van der Waals surface area contributed by atoms with Gasteiger partial charge in [0.1, 0.15) is 5.52 Å². The van der Waals surface area contributed by atoms with E-state index >= 15 is 0 Å². The Kier molecular flexibility index (Phi) is 6.89. The molecule has 4 aromatic rings. The summed E-state index contributed by atoms with van der Waals surface area (Å²) in [4.78, 5) is 33.2. The van der Waals surface area contributed by atoms with Crippen LogP contribution < -0.4 is 15.4 Å². The van der Waals surface area contributed by atoms with Crippen LogP contribution in [0.5, 0.6) is 6.01 Å². The Bertz CT molecular complexity index is 1470. The molecule has 3 aromatic carbocycles. The highest BCUT2D eigenvalue weighted by Gasteiger charge is 2.35. The summed E-state index contributed by atoms with van der Waals surface area (Å²) in [5.41, 5.74) is 0.238. The molecule has 11 heteroatoms. The number of H-pyrrole nitrogens is 1. The molecule has 36 heavy (non-hydrogen) atoms. The molecule has 0 saturated carbocycles. The quantitative estimate of drug-likeness (QED) is 0.274. The molecular weight excluding hydrogens is 497 g/mol. The van der Waals surface area contributed by atoms with Crippen molar-refractivity contribution in [2.24, 2.45) is 0 Å². The number of amides is 2. The van der Waals surface area contributed by atoms with Crippen molar-refractivity contribution in [1.82, 2.24) is 9.97 Å². The van der Waals surface area contributed by atoms with Crippen molar-refractivity contribution in [3.05, 3.63) is 81.9 Å². The van der Waals surface area contributed by atoms with Crippen LogP contribution in [0.1, 0.15) is 38.8 Å². The second-order valence-corrected chi connectivity index (χ2v) is 8.17. The number of anilines is 2. The zero-order valence-electron chi connectivity index (χ0n) is 19.1. The smallest absolute Gasteiger partial charge is 0.417 e. The van der Waals surface area contributed by atoms with Gasteiger partial charge < -0.3 is 20.4 Å². The molecule has 0 aliphatic carbocycles. The van der Waals surface area contributed by atoms with Gasteiger partial charge in [0, 0.05) is 16.4 Å². The molecule has 0 aliphatic rings. The summed E-state index contributed by atoms with van der Waals surface area (Å²) < 4.78 is 45.6. The third-order valence-electron chi connectivity index (χ3n) is 5.34. The van der Waals surface area contributed by atoms with Crippen LogP contribution in [0, 0.1) is 6.92 Å². The zero-order chi connectivity index (χ0) is 26.0. The maximum atomic E-state index is 13.4. The first kappa shape index (κ1) is 25.1. The van der Waals surface area contributed by atoms with Crippen LogP contribution in [0.4, 0.5) is 24.5 Å². The van der Waals surface area contributed by atoms with Gasteiger partial charge in [-0.05, 0) is 55.8 Å². The molecule has 0 unspecified atom stereocenters. The number of hydrogen-bond donors (Lipinski definition) is 3. The predicted octanol–water partition coefficient (Wildman–Crippen LogP) is 6.45. The Labute approximate surface area is 208 Å². The molecular formula is C25H20ClF3N4O3. The fraction of sp³-hybridized carbons (Fsp3) is 0.160. The van der Waals surface area contributed by atoms with E-state index in [0.29, 0.717) is 28.4 Å². The van der Waals surface area contributed by atoms with E-state index in [1.807, 2.05) is 0 Å². The maximum absolute atomic E-state index is 13.4. The van der Waals surface area contributed by atoms with E-state index in [9.17, 15) is 22.8 Å². The molecule has 4 rings (SSSR count). The Balaban J connectivity index is 1.74. The van der Waals surface area contributed by atoms with Crippen LogP contribution in [-0.4, -0.2) is 28.4 Å². The minimum atomic E-state index is -4.71. The fourth-order valence-corrected chi connectivity index (χ4v) is 3.78. The van der Waals surface area contributed by atoms with Gasteiger partial charge in [0.05, 0.1) is 28.8 Å². The number of alkyl halides is 3. The molecule has 0 fully saturated rings. The van der Waals surface area contributed by atoms with Gasteiger partial charge in [-0.2, -0.15) is 18.2 Å². The Morgan fingerprint density at radius 1 is 1.03 bits per heavy atom. The van der Waals surface area contributed by atoms with Gasteiger partial charge in [-0.15, -0.1) is 0 Å². The summed E-state index contributed by atoms with van der Waals surface area (Å²) in [6.45, 7) is 3.80. The number of rotatable bonds is 6. The number of hydrogen-bond acceptors (Lipinski definition) is 4. The van der Waals surface area contributed by atoms with Crippen molar-refractivity contribution >= 4 is 45.8 Å². The normalized spacial score (nSPS) is 11.4. The van der Waals surface area contributed by atoms with Crippen molar-refractivity contribution in [2.75, 3.05) is 17.2 Å². The van der Waals surface area contributed by atoms with Gasteiger partial charge in [-0.25, -0.2) is 0 Å². The van der Waals surface area contributed by atoms with E-state index in [1.54, 1.807) is 32.0 Å². The van der Waals surface area contributed by atoms with Gasteiger partial charge in [0.15, 0.2) is 0 Å². The van der Waals surface area contributed by atoms with Crippen LogP contribution >= 0.6 is 11.6 Å². The number of fused-ring (bicyclic) bond motifs is 1. The highest BCUT2D eigenvalue weighted by molar-refractivity contribution is 6.31. The lowest BCUT2D eigenvalue weighted by Crippen LogP contribution is -2.19. The first-order valence-electron chi connectivity index (χ1n) is 10.8. The van der Waals surface area contributed by atoms with Crippen molar-refractivity contribution in [2.45, 2.75) is 20.0 Å². The van der Waals surface area contributed by atoms with Crippen LogP contribution in [0.25, 0.3) is 11.0 Å². The van der Waals surface area contributed by atoms with Crippen LogP contribution in [0.3, 0.4) is 0 Å². The molecule has 0 radical (unpaired) electrons.